The van der Waals surface area contributed by atoms with Crippen molar-refractivity contribution in [3.8, 4) is 17.3 Å². The van der Waals surface area contributed by atoms with Gasteiger partial charge in [-0.2, -0.15) is 5.26 Å². The summed E-state index contributed by atoms with van der Waals surface area (Å²) in [5.41, 5.74) is 2.38. The first-order chi connectivity index (χ1) is 15.5. The van der Waals surface area contributed by atoms with Crippen LogP contribution in [0.2, 0.25) is 0 Å². The number of anilines is 1. The van der Waals surface area contributed by atoms with Crippen LogP contribution in [0.3, 0.4) is 0 Å². The summed E-state index contributed by atoms with van der Waals surface area (Å²) < 4.78 is 13.5. The number of nitro benzene ring substituents is 1. The van der Waals surface area contributed by atoms with Gasteiger partial charge in [0.2, 0.25) is 0 Å². The number of piperazine rings is 1. The van der Waals surface area contributed by atoms with E-state index in [2.05, 4.69) is 26.3 Å². The van der Waals surface area contributed by atoms with Gasteiger partial charge in [-0.15, -0.1) is 0 Å². The number of nitrogens with zero attached hydrogens (tertiary/aromatic N) is 5. The van der Waals surface area contributed by atoms with Crippen LogP contribution in [-0.4, -0.2) is 41.1 Å². The molecule has 0 atom stereocenters. The van der Waals surface area contributed by atoms with Gasteiger partial charge in [-0.25, -0.2) is 14.4 Å². The predicted molar refractivity (Wildman–Crippen MR) is 120 cm³/mol. The predicted octanol–water partition coefficient (Wildman–Crippen LogP) is 3.76. The SMILES string of the molecule is N#Cc1c(-c2ccc(F)cc2)nc(SCc2ccc([N+](=O)[O-])cc2)nc1N1CCNCC1. The van der Waals surface area contributed by atoms with Gasteiger partial charge in [0.15, 0.2) is 11.0 Å². The Morgan fingerprint density at radius 1 is 1.12 bits per heavy atom. The molecule has 0 radical (unpaired) electrons. The number of halogens is 1. The summed E-state index contributed by atoms with van der Waals surface area (Å²) in [5.74, 6) is 0.708. The molecule has 1 N–H and O–H groups in total. The molecule has 8 nitrogen and oxygen atoms in total. The normalized spacial score (nSPS) is 13.6. The van der Waals surface area contributed by atoms with Crippen LogP contribution >= 0.6 is 11.8 Å². The third-order valence-corrected chi connectivity index (χ3v) is 5.95. The second kappa shape index (κ2) is 9.72. The minimum Gasteiger partial charge on any atom is -0.353 e. The zero-order chi connectivity index (χ0) is 22.5. The number of hydrogen-bond donors (Lipinski definition) is 1. The lowest BCUT2D eigenvalue weighted by Crippen LogP contribution is -2.44. The summed E-state index contributed by atoms with van der Waals surface area (Å²) in [4.78, 5) is 21.8. The van der Waals surface area contributed by atoms with Gasteiger partial charge in [0, 0.05) is 49.6 Å². The summed E-state index contributed by atoms with van der Waals surface area (Å²) >= 11 is 1.38. The summed E-state index contributed by atoms with van der Waals surface area (Å²) in [6.07, 6.45) is 0. The van der Waals surface area contributed by atoms with E-state index in [0.29, 0.717) is 46.6 Å². The lowest BCUT2D eigenvalue weighted by Gasteiger charge is -2.29. The fourth-order valence-corrected chi connectivity index (χ4v) is 4.18. The molecule has 162 valence electrons. The van der Waals surface area contributed by atoms with Crippen molar-refractivity contribution in [3.63, 3.8) is 0 Å². The number of nitriles is 1. The van der Waals surface area contributed by atoms with Crippen LogP contribution < -0.4 is 10.2 Å². The maximum absolute atomic E-state index is 13.5. The number of thioether (sulfide) groups is 1. The van der Waals surface area contributed by atoms with E-state index >= 15 is 0 Å². The van der Waals surface area contributed by atoms with Crippen molar-refractivity contribution in [1.29, 1.82) is 5.26 Å². The molecule has 0 unspecified atom stereocenters. The minimum absolute atomic E-state index is 0.0352. The highest BCUT2D eigenvalue weighted by Crippen LogP contribution is 2.32. The average molecular weight is 450 g/mol. The van der Waals surface area contributed by atoms with Gasteiger partial charge in [0.05, 0.1) is 10.6 Å². The van der Waals surface area contributed by atoms with Crippen LogP contribution in [0.25, 0.3) is 11.3 Å². The second-order valence-corrected chi connectivity index (χ2v) is 8.06. The summed E-state index contributed by atoms with van der Waals surface area (Å²) in [6, 6.07) is 14.5. The molecule has 10 heteroatoms. The molecule has 0 bridgehead atoms. The molecular weight excluding hydrogens is 431 g/mol. The molecule has 0 spiro atoms. The average Bonchev–Trinajstić information content (AvgIpc) is 2.83. The number of nitrogens with one attached hydrogen (secondary N) is 1. The monoisotopic (exact) mass is 450 g/mol. The lowest BCUT2D eigenvalue weighted by atomic mass is 10.1. The number of hydrogen-bond acceptors (Lipinski definition) is 8. The van der Waals surface area contributed by atoms with Crippen LogP contribution in [0, 0.1) is 27.3 Å². The maximum Gasteiger partial charge on any atom is 0.269 e. The Kier molecular flexibility index (Phi) is 6.58. The van der Waals surface area contributed by atoms with Gasteiger partial charge in [0.25, 0.3) is 5.69 Å². The molecule has 0 saturated carbocycles. The Bertz CT molecular complexity index is 1160. The molecule has 0 aliphatic carbocycles. The van der Waals surface area contributed by atoms with Crippen LogP contribution in [-0.2, 0) is 5.75 Å². The van der Waals surface area contributed by atoms with Crippen molar-refractivity contribution in [2.24, 2.45) is 0 Å². The quantitative estimate of drug-likeness (QED) is 0.262. The van der Waals surface area contributed by atoms with E-state index in [1.165, 1.54) is 36.0 Å². The molecule has 32 heavy (non-hydrogen) atoms. The smallest absolute Gasteiger partial charge is 0.269 e. The van der Waals surface area contributed by atoms with E-state index < -0.39 is 4.92 Å². The van der Waals surface area contributed by atoms with Crippen molar-refractivity contribution in [1.82, 2.24) is 15.3 Å². The first-order valence-corrected chi connectivity index (χ1v) is 10.9. The van der Waals surface area contributed by atoms with Gasteiger partial charge in [-0.3, -0.25) is 10.1 Å². The van der Waals surface area contributed by atoms with Crippen LogP contribution in [0.4, 0.5) is 15.9 Å². The summed E-state index contributed by atoms with van der Waals surface area (Å²) in [6.45, 7) is 2.99. The number of nitro groups is 1. The summed E-state index contributed by atoms with van der Waals surface area (Å²) in [5, 5.41) is 24.5. The number of benzene rings is 2. The molecule has 1 aliphatic rings. The molecule has 2 heterocycles. The largest absolute Gasteiger partial charge is 0.353 e. The molecule has 2 aromatic carbocycles. The van der Waals surface area contributed by atoms with Gasteiger partial charge >= 0.3 is 0 Å². The molecule has 1 fully saturated rings. The molecule has 3 aromatic rings. The summed E-state index contributed by atoms with van der Waals surface area (Å²) in [7, 11) is 0. The lowest BCUT2D eigenvalue weighted by molar-refractivity contribution is -0.384. The first kappa shape index (κ1) is 21.7. The Hall–Kier alpha value is -3.55. The fraction of sp³-hybridized carbons (Fsp3) is 0.227. The fourth-order valence-electron chi connectivity index (χ4n) is 3.38. The standard InChI is InChI=1S/C22H19FN6O2S/c23-17-5-3-16(4-6-17)20-19(13-24)21(28-11-9-25-10-12-28)27-22(26-20)32-14-15-1-7-18(8-2-15)29(30)31/h1-8,25H,9-12,14H2. The third-order valence-electron chi connectivity index (χ3n) is 5.03. The van der Waals surface area contributed by atoms with Gasteiger partial charge < -0.3 is 10.2 Å². The minimum atomic E-state index is -0.435. The van der Waals surface area contributed by atoms with Crippen molar-refractivity contribution < 1.29 is 9.31 Å². The van der Waals surface area contributed by atoms with E-state index in [1.807, 2.05) is 0 Å². The Balaban J connectivity index is 1.69. The third kappa shape index (κ3) is 4.85. The van der Waals surface area contributed by atoms with Crippen molar-refractivity contribution in [3.05, 3.63) is 75.6 Å². The van der Waals surface area contributed by atoms with Crippen LogP contribution in [0.1, 0.15) is 11.1 Å². The van der Waals surface area contributed by atoms with E-state index in [-0.39, 0.29) is 11.5 Å². The molecule has 4 rings (SSSR count). The van der Waals surface area contributed by atoms with E-state index in [4.69, 9.17) is 0 Å². The van der Waals surface area contributed by atoms with Crippen molar-refractivity contribution in [2.75, 3.05) is 31.1 Å². The zero-order valence-corrected chi connectivity index (χ0v) is 17.8. The number of aromatic nitrogens is 2. The van der Waals surface area contributed by atoms with Crippen molar-refractivity contribution in [2.45, 2.75) is 10.9 Å². The molecular formula is C22H19FN6O2S. The van der Waals surface area contributed by atoms with Gasteiger partial charge in [0.1, 0.15) is 17.4 Å². The number of rotatable bonds is 6. The van der Waals surface area contributed by atoms with Crippen molar-refractivity contribution >= 4 is 23.3 Å². The Morgan fingerprint density at radius 3 is 2.44 bits per heavy atom. The maximum atomic E-state index is 13.5. The van der Waals surface area contributed by atoms with E-state index in [0.717, 1.165) is 18.7 Å². The zero-order valence-electron chi connectivity index (χ0n) is 17.0. The Labute approximate surface area is 188 Å². The molecule has 1 aromatic heterocycles. The van der Waals surface area contributed by atoms with E-state index in [1.54, 1.807) is 24.3 Å². The van der Waals surface area contributed by atoms with E-state index in [9.17, 15) is 19.8 Å². The second-order valence-electron chi connectivity index (χ2n) is 7.12. The first-order valence-electron chi connectivity index (χ1n) is 9.95. The topological polar surface area (TPSA) is 108 Å². The van der Waals surface area contributed by atoms with Gasteiger partial charge in [-0.05, 0) is 29.8 Å². The molecule has 1 saturated heterocycles. The molecule has 1 aliphatic heterocycles. The highest BCUT2D eigenvalue weighted by atomic mass is 32.2. The Morgan fingerprint density at radius 2 is 1.81 bits per heavy atom. The van der Waals surface area contributed by atoms with Crippen LogP contribution in [0.15, 0.2) is 53.7 Å². The number of non-ortho nitro benzene ring substituents is 1. The highest BCUT2D eigenvalue weighted by Gasteiger charge is 2.22. The highest BCUT2D eigenvalue weighted by molar-refractivity contribution is 7.98. The van der Waals surface area contributed by atoms with Gasteiger partial charge in [-0.1, -0.05) is 23.9 Å². The molecule has 0 amide bonds. The van der Waals surface area contributed by atoms with Crippen LogP contribution in [0.5, 0.6) is 0 Å².